The molecule has 9 heteroatoms. The summed E-state index contributed by atoms with van der Waals surface area (Å²) in [6.45, 7) is 4.00. The Bertz CT molecular complexity index is 1390. The van der Waals surface area contributed by atoms with Crippen molar-refractivity contribution in [1.82, 2.24) is 9.47 Å². The van der Waals surface area contributed by atoms with E-state index < -0.39 is 5.91 Å². The number of fused-ring (bicyclic) bond motifs is 1. The molecule has 3 aromatic rings. The van der Waals surface area contributed by atoms with Crippen molar-refractivity contribution in [2.24, 2.45) is 9.39 Å². The summed E-state index contributed by atoms with van der Waals surface area (Å²) in [5.74, 6) is 0.382. The Morgan fingerprint density at radius 2 is 1.85 bits per heavy atom. The first-order valence-electron chi connectivity index (χ1n) is 10.5. The number of carbonyl (C=O) groups is 1. The van der Waals surface area contributed by atoms with Gasteiger partial charge in [-0.3, -0.25) is 10.2 Å². The number of aryl methyl sites for hydroxylation is 1. The predicted octanol–water partition coefficient (Wildman–Crippen LogP) is 6.26. The fraction of sp³-hybridized carbons (Fsp3) is 0.120. The van der Waals surface area contributed by atoms with Crippen molar-refractivity contribution in [3.8, 4) is 5.69 Å². The molecular formula is C25H20ClN5OS2. The van der Waals surface area contributed by atoms with E-state index in [1.54, 1.807) is 11.0 Å². The average molecular weight is 506 g/mol. The van der Waals surface area contributed by atoms with Crippen molar-refractivity contribution in [2.45, 2.75) is 19.6 Å². The van der Waals surface area contributed by atoms with Crippen LogP contribution in [0.25, 0.3) is 11.8 Å². The van der Waals surface area contributed by atoms with Crippen molar-refractivity contribution >= 4 is 63.5 Å². The summed E-state index contributed by atoms with van der Waals surface area (Å²) in [6, 6.07) is 19.7. The number of benzene rings is 2. The van der Waals surface area contributed by atoms with Crippen LogP contribution in [-0.2, 0) is 10.5 Å². The van der Waals surface area contributed by atoms with E-state index in [0.717, 1.165) is 40.2 Å². The molecule has 34 heavy (non-hydrogen) atoms. The second-order valence-electron chi connectivity index (χ2n) is 7.82. The molecule has 6 nitrogen and oxygen atoms in total. The molecule has 0 radical (unpaired) electrons. The molecule has 2 aliphatic rings. The van der Waals surface area contributed by atoms with Gasteiger partial charge in [0.2, 0.25) is 5.17 Å². The Kier molecular flexibility index (Phi) is 6.20. The number of hydrogen-bond donors (Lipinski definition) is 1. The Labute approximate surface area is 211 Å². The van der Waals surface area contributed by atoms with Gasteiger partial charge in [0, 0.05) is 27.9 Å². The number of nitrogens with one attached hydrogen (secondary N) is 1. The van der Waals surface area contributed by atoms with E-state index in [2.05, 4.69) is 26.1 Å². The van der Waals surface area contributed by atoms with Gasteiger partial charge in [-0.15, -0.1) is 0 Å². The maximum absolute atomic E-state index is 12.8. The fourth-order valence-corrected chi connectivity index (χ4v) is 5.82. The number of aliphatic imine (C=N–C) groups is 1. The molecule has 170 valence electrons. The second-order valence-corrected chi connectivity index (χ2v) is 9.93. The number of amidine groups is 3. The quantitative estimate of drug-likeness (QED) is 0.335. The van der Waals surface area contributed by atoms with Crippen LogP contribution < -0.4 is 0 Å². The lowest BCUT2D eigenvalue weighted by Gasteiger charge is -2.24. The zero-order chi connectivity index (χ0) is 23.8. The van der Waals surface area contributed by atoms with Crippen molar-refractivity contribution in [3.63, 3.8) is 0 Å². The Morgan fingerprint density at radius 3 is 2.59 bits per heavy atom. The number of halogens is 1. The molecule has 5 rings (SSSR count). The molecule has 0 saturated heterocycles. The normalized spacial score (nSPS) is 16.7. The van der Waals surface area contributed by atoms with Crippen LogP contribution in [0, 0.1) is 19.3 Å². The van der Waals surface area contributed by atoms with E-state index in [1.165, 1.54) is 11.8 Å². The largest absolute Gasteiger partial charge is 0.318 e. The van der Waals surface area contributed by atoms with Gasteiger partial charge in [-0.25, -0.2) is 4.90 Å². The molecule has 1 amide bonds. The van der Waals surface area contributed by atoms with Crippen LogP contribution >= 0.6 is 35.3 Å². The highest BCUT2D eigenvalue weighted by Gasteiger charge is 2.37. The van der Waals surface area contributed by atoms with Gasteiger partial charge < -0.3 is 4.57 Å². The molecular weight excluding hydrogens is 486 g/mol. The van der Waals surface area contributed by atoms with E-state index in [9.17, 15) is 4.79 Å². The minimum absolute atomic E-state index is 0.0932. The molecule has 0 saturated carbocycles. The average Bonchev–Trinajstić information content (AvgIpc) is 3.36. The van der Waals surface area contributed by atoms with Gasteiger partial charge in [0.25, 0.3) is 5.91 Å². The summed E-state index contributed by atoms with van der Waals surface area (Å²) in [7, 11) is 0. The molecule has 2 aliphatic heterocycles. The summed E-state index contributed by atoms with van der Waals surface area (Å²) in [5, 5.41) is 10.6. The fourth-order valence-electron chi connectivity index (χ4n) is 3.89. The van der Waals surface area contributed by atoms with Crippen LogP contribution in [0.1, 0.15) is 22.5 Å². The van der Waals surface area contributed by atoms with Gasteiger partial charge in [0.1, 0.15) is 5.84 Å². The molecule has 0 spiro atoms. The first-order valence-corrected chi connectivity index (χ1v) is 12.7. The maximum atomic E-state index is 12.8. The topological polar surface area (TPSA) is 73.8 Å². The van der Waals surface area contributed by atoms with Crippen molar-refractivity contribution in [2.75, 3.05) is 0 Å². The predicted molar refractivity (Wildman–Crippen MR) is 143 cm³/mol. The maximum Gasteiger partial charge on any atom is 0.283 e. The van der Waals surface area contributed by atoms with Crippen molar-refractivity contribution < 1.29 is 4.79 Å². The number of thioether (sulfide) groups is 1. The van der Waals surface area contributed by atoms with Gasteiger partial charge in [-0.2, -0.15) is 9.39 Å². The van der Waals surface area contributed by atoms with Gasteiger partial charge in [0.05, 0.1) is 17.5 Å². The van der Waals surface area contributed by atoms with Crippen LogP contribution in [0.5, 0.6) is 0 Å². The van der Waals surface area contributed by atoms with E-state index in [0.29, 0.717) is 21.1 Å². The third-order valence-electron chi connectivity index (χ3n) is 5.56. The summed E-state index contributed by atoms with van der Waals surface area (Å²) < 4.78 is 6.56. The Balaban J connectivity index is 1.44. The van der Waals surface area contributed by atoms with E-state index in [4.69, 9.17) is 17.0 Å². The van der Waals surface area contributed by atoms with E-state index in [1.807, 2.05) is 62.4 Å². The third-order valence-corrected chi connectivity index (χ3v) is 7.64. The Morgan fingerprint density at radius 1 is 1.12 bits per heavy atom. The highest BCUT2D eigenvalue weighted by molar-refractivity contribution is 8.18. The number of aromatic nitrogens is 1. The number of nitrogens with zero attached hydrogens (tertiary/aromatic N) is 4. The Hall–Kier alpha value is -3.07. The second kappa shape index (κ2) is 9.29. The third kappa shape index (κ3) is 4.24. The van der Waals surface area contributed by atoms with Gasteiger partial charge in [-0.05, 0) is 61.4 Å². The standard InChI is InChI=1S/C25H20ClN5OS2/c1-15-12-18(16(2)30(15)20-10-8-19(26)9-11-20)13-21-22(27)31-24(28-23(21)32)34-29-25(31)33-14-17-6-4-3-5-7-17/h3-13,27H,14H2,1-2H3/b21-13-,27-22?. The van der Waals surface area contributed by atoms with Gasteiger partial charge in [0.15, 0.2) is 5.17 Å². The summed E-state index contributed by atoms with van der Waals surface area (Å²) >= 11 is 8.71. The van der Waals surface area contributed by atoms with Crippen LogP contribution in [0.3, 0.4) is 0 Å². The first-order chi connectivity index (χ1) is 16.4. The van der Waals surface area contributed by atoms with Crippen LogP contribution in [0.4, 0.5) is 0 Å². The van der Waals surface area contributed by atoms with E-state index in [-0.39, 0.29) is 11.4 Å². The van der Waals surface area contributed by atoms with Gasteiger partial charge in [-0.1, -0.05) is 53.7 Å². The molecule has 2 aromatic carbocycles. The molecule has 1 aromatic heterocycles. The first kappa shape index (κ1) is 22.7. The zero-order valence-corrected chi connectivity index (χ0v) is 20.8. The molecule has 3 heterocycles. The molecule has 1 N–H and O–H groups in total. The molecule has 0 bridgehead atoms. The lowest BCUT2D eigenvalue weighted by atomic mass is 10.1. The SMILES string of the molecule is Cc1cc(/C=C2/C(=N)N3C(SCc4ccccc4)=NSC3=NC2=O)c(C)n1-c1ccc(Cl)cc1. The smallest absolute Gasteiger partial charge is 0.283 e. The molecule has 0 unspecified atom stereocenters. The van der Waals surface area contributed by atoms with E-state index >= 15 is 0 Å². The lowest BCUT2D eigenvalue weighted by molar-refractivity contribution is -0.114. The molecule has 0 aliphatic carbocycles. The van der Waals surface area contributed by atoms with Crippen LogP contribution in [-0.4, -0.2) is 31.5 Å². The monoisotopic (exact) mass is 505 g/mol. The highest BCUT2D eigenvalue weighted by Crippen LogP contribution is 2.33. The number of hydrogen-bond acceptors (Lipinski definition) is 5. The van der Waals surface area contributed by atoms with Crippen LogP contribution in [0.2, 0.25) is 5.02 Å². The molecule has 0 fully saturated rings. The summed E-state index contributed by atoms with van der Waals surface area (Å²) in [5.41, 5.74) is 5.23. The minimum atomic E-state index is -0.426. The van der Waals surface area contributed by atoms with Gasteiger partial charge >= 0.3 is 0 Å². The van der Waals surface area contributed by atoms with Crippen molar-refractivity contribution in [1.29, 1.82) is 5.41 Å². The highest BCUT2D eigenvalue weighted by atomic mass is 35.5. The minimum Gasteiger partial charge on any atom is -0.318 e. The summed E-state index contributed by atoms with van der Waals surface area (Å²) in [4.78, 5) is 18.7. The number of carbonyl (C=O) groups excluding carboxylic acids is 1. The molecule has 0 atom stereocenters. The van der Waals surface area contributed by atoms with Crippen molar-refractivity contribution in [3.05, 3.63) is 93.8 Å². The summed E-state index contributed by atoms with van der Waals surface area (Å²) in [6.07, 6.45) is 1.75. The lowest BCUT2D eigenvalue weighted by Crippen LogP contribution is -2.41. The zero-order valence-electron chi connectivity index (χ0n) is 18.4. The van der Waals surface area contributed by atoms with Crippen LogP contribution in [0.15, 0.2) is 75.6 Å². The number of amides is 1. The number of rotatable bonds is 4.